The van der Waals surface area contributed by atoms with Crippen LogP contribution in [-0.4, -0.2) is 38.3 Å². The number of pyridine rings is 1. The lowest BCUT2D eigenvalue weighted by atomic mass is 10.1. The number of ether oxygens (including phenoxy) is 2. The number of halogens is 3. The Bertz CT molecular complexity index is 1770. The van der Waals surface area contributed by atoms with Crippen LogP contribution >= 0.6 is 0 Å². The highest BCUT2D eigenvalue weighted by atomic mass is 19.1. The third kappa shape index (κ3) is 5.64. The maximum atomic E-state index is 15.4. The van der Waals surface area contributed by atoms with Crippen LogP contribution in [0.5, 0.6) is 5.88 Å². The van der Waals surface area contributed by atoms with Gasteiger partial charge in [-0.1, -0.05) is 12.1 Å². The first-order chi connectivity index (χ1) is 19.8. The number of carbonyl (C=O) groups is 1. The third-order valence-corrected chi connectivity index (χ3v) is 7.04. The molecule has 1 aliphatic rings. The van der Waals surface area contributed by atoms with Crippen LogP contribution in [0.25, 0.3) is 22.3 Å². The summed E-state index contributed by atoms with van der Waals surface area (Å²) in [4.78, 5) is 20.6. The van der Waals surface area contributed by atoms with Crippen LogP contribution in [0, 0.1) is 17.5 Å². The highest BCUT2D eigenvalue weighted by Gasteiger charge is 2.23. The zero-order valence-corrected chi connectivity index (χ0v) is 21.7. The molecule has 208 valence electrons. The molecule has 0 bridgehead atoms. The minimum absolute atomic E-state index is 0.0128. The summed E-state index contributed by atoms with van der Waals surface area (Å²) in [5.74, 6) is -2.07. The molecule has 0 saturated carbocycles. The van der Waals surface area contributed by atoms with Crippen LogP contribution in [0.3, 0.4) is 0 Å². The van der Waals surface area contributed by atoms with Crippen LogP contribution in [0.1, 0.15) is 33.7 Å². The van der Waals surface area contributed by atoms with Crippen molar-refractivity contribution in [2.75, 3.05) is 6.61 Å². The fraction of sp³-hybridized carbons (Fsp3) is 0.194. The number of aromatic nitrogens is 3. The van der Waals surface area contributed by atoms with Gasteiger partial charge >= 0.3 is 5.97 Å². The Morgan fingerprint density at radius 3 is 2.59 bits per heavy atom. The van der Waals surface area contributed by atoms with E-state index in [-0.39, 0.29) is 35.3 Å². The van der Waals surface area contributed by atoms with E-state index in [9.17, 15) is 18.7 Å². The molecule has 1 aliphatic heterocycles. The normalized spacial score (nSPS) is 14.7. The van der Waals surface area contributed by atoms with Gasteiger partial charge in [0.15, 0.2) is 0 Å². The van der Waals surface area contributed by atoms with Crippen molar-refractivity contribution in [2.45, 2.75) is 32.1 Å². The van der Waals surface area contributed by atoms with E-state index >= 15 is 4.39 Å². The van der Waals surface area contributed by atoms with Gasteiger partial charge in [0.2, 0.25) is 5.88 Å². The number of carboxylic acid groups (broad SMARTS) is 1. The molecule has 0 spiro atoms. The highest BCUT2D eigenvalue weighted by Crippen LogP contribution is 2.27. The molecule has 1 unspecified atom stereocenters. The minimum atomic E-state index is -1.02. The summed E-state index contributed by atoms with van der Waals surface area (Å²) in [5, 5.41) is 9.45. The van der Waals surface area contributed by atoms with Gasteiger partial charge in [-0.15, -0.1) is 0 Å². The molecule has 1 fully saturated rings. The molecule has 0 radical (unpaired) electrons. The summed E-state index contributed by atoms with van der Waals surface area (Å²) in [6.45, 7) is 1.04. The van der Waals surface area contributed by atoms with Crippen molar-refractivity contribution in [1.82, 2.24) is 14.5 Å². The van der Waals surface area contributed by atoms with Gasteiger partial charge in [-0.2, -0.15) is 0 Å². The Morgan fingerprint density at radius 2 is 1.85 bits per heavy atom. The fourth-order valence-electron chi connectivity index (χ4n) is 4.77. The summed E-state index contributed by atoms with van der Waals surface area (Å²) in [5.41, 5.74) is 2.95. The monoisotopic (exact) mass is 559 g/mol. The fourth-order valence-corrected chi connectivity index (χ4v) is 4.77. The average molecular weight is 560 g/mol. The molecule has 5 aromatic rings. The van der Waals surface area contributed by atoms with Gasteiger partial charge in [0, 0.05) is 36.3 Å². The summed E-state index contributed by atoms with van der Waals surface area (Å²) in [6, 6.07) is 17.7. The van der Waals surface area contributed by atoms with Crippen molar-refractivity contribution in [3.05, 3.63) is 113 Å². The molecule has 1 N–H and O–H groups in total. The Kier molecular flexibility index (Phi) is 7.15. The first-order valence-electron chi connectivity index (χ1n) is 13.0. The summed E-state index contributed by atoms with van der Waals surface area (Å²) >= 11 is 0. The number of benzene rings is 3. The van der Waals surface area contributed by atoms with Gasteiger partial charge < -0.3 is 19.1 Å². The summed E-state index contributed by atoms with van der Waals surface area (Å²) < 4.78 is 55.6. The maximum absolute atomic E-state index is 15.4. The predicted molar refractivity (Wildman–Crippen MR) is 144 cm³/mol. The Morgan fingerprint density at radius 1 is 1.00 bits per heavy atom. The van der Waals surface area contributed by atoms with Gasteiger partial charge in [-0.3, -0.25) is 0 Å². The Hall–Kier alpha value is -4.70. The maximum Gasteiger partial charge on any atom is 0.335 e. The number of carboxylic acids is 1. The zero-order chi connectivity index (χ0) is 28.5. The summed E-state index contributed by atoms with van der Waals surface area (Å²) in [7, 11) is 0. The molecule has 3 aromatic carbocycles. The predicted octanol–water partition coefficient (Wildman–Crippen LogP) is 6.17. The van der Waals surface area contributed by atoms with Crippen molar-refractivity contribution < 1.29 is 32.5 Å². The topological polar surface area (TPSA) is 86.5 Å². The Labute approximate surface area is 232 Å². The molecule has 0 aliphatic carbocycles. The lowest BCUT2D eigenvalue weighted by Gasteiger charge is -2.27. The third-order valence-electron chi connectivity index (χ3n) is 7.04. The highest BCUT2D eigenvalue weighted by molar-refractivity contribution is 5.92. The number of hydrogen-bond acceptors (Lipinski definition) is 5. The van der Waals surface area contributed by atoms with Crippen molar-refractivity contribution in [3.8, 4) is 17.1 Å². The van der Waals surface area contributed by atoms with Crippen LogP contribution in [-0.2, 0) is 24.3 Å². The van der Waals surface area contributed by atoms with Crippen molar-refractivity contribution in [1.29, 1.82) is 0 Å². The molecule has 6 rings (SSSR count). The van der Waals surface area contributed by atoms with Crippen molar-refractivity contribution in [3.63, 3.8) is 0 Å². The van der Waals surface area contributed by atoms with Gasteiger partial charge in [0.1, 0.15) is 29.9 Å². The molecule has 1 saturated heterocycles. The Balaban J connectivity index is 1.23. The number of aromatic carboxylic acids is 1. The molecule has 2 aromatic heterocycles. The lowest BCUT2D eigenvalue weighted by molar-refractivity contribution is -0.0589. The quantitative estimate of drug-likeness (QED) is 0.232. The van der Waals surface area contributed by atoms with E-state index in [1.807, 2.05) is 4.57 Å². The van der Waals surface area contributed by atoms with E-state index in [1.54, 1.807) is 42.5 Å². The number of fused-ring (bicyclic) bond motifs is 1. The van der Waals surface area contributed by atoms with Gasteiger partial charge in [0.25, 0.3) is 0 Å². The second-order valence-corrected chi connectivity index (χ2v) is 9.81. The van der Waals surface area contributed by atoms with Crippen molar-refractivity contribution in [2.24, 2.45) is 0 Å². The number of rotatable bonds is 9. The molecule has 41 heavy (non-hydrogen) atoms. The number of hydrogen-bond donors (Lipinski definition) is 1. The van der Waals surface area contributed by atoms with E-state index in [4.69, 9.17) is 14.5 Å². The molecular weight excluding hydrogens is 535 g/mol. The van der Waals surface area contributed by atoms with Crippen LogP contribution < -0.4 is 4.74 Å². The first kappa shape index (κ1) is 26.5. The molecule has 0 amide bonds. The lowest BCUT2D eigenvalue weighted by Crippen LogP contribution is -2.31. The standard InChI is InChI=1S/C31H24F3N3O4/c32-21-7-5-20(24(33)15-21)17-41-30-3-1-2-26(36-30)23-8-4-18(12-25(23)34)13-29-35-27-9-6-19(31(38)39)14-28(27)37(29)16-22-10-11-40-22/h1-9,12,14-15,22H,10-11,13,16-17H2,(H,38,39). The van der Waals surface area contributed by atoms with E-state index < -0.39 is 23.4 Å². The number of nitrogens with zero attached hydrogens (tertiary/aromatic N) is 3. The molecular formula is C31H24F3N3O4. The van der Waals surface area contributed by atoms with Gasteiger partial charge in [0.05, 0.1) is 34.9 Å². The smallest absolute Gasteiger partial charge is 0.335 e. The zero-order valence-electron chi connectivity index (χ0n) is 21.7. The van der Waals surface area contributed by atoms with Gasteiger partial charge in [-0.25, -0.2) is 27.9 Å². The van der Waals surface area contributed by atoms with E-state index in [0.29, 0.717) is 47.7 Å². The van der Waals surface area contributed by atoms with Crippen molar-refractivity contribution >= 4 is 17.0 Å². The van der Waals surface area contributed by atoms with E-state index in [1.165, 1.54) is 18.2 Å². The minimum Gasteiger partial charge on any atom is -0.478 e. The molecule has 10 heteroatoms. The van der Waals surface area contributed by atoms with E-state index in [2.05, 4.69) is 4.98 Å². The first-order valence-corrected chi connectivity index (χ1v) is 13.0. The second-order valence-electron chi connectivity index (χ2n) is 9.81. The second kappa shape index (κ2) is 11.1. The van der Waals surface area contributed by atoms with Crippen LogP contribution in [0.4, 0.5) is 13.2 Å². The van der Waals surface area contributed by atoms with E-state index in [0.717, 1.165) is 18.6 Å². The average Bonchev–Trinajstić information content (AvgIpc) is 3.26. The molecule has 3 heterocycles. The van der Waals surface area contributed by atoms with Crippen LogP contribution in [0.15, 0.2) is 72.8 Å². The molecule has 7 nitrogen and oxygen atoms in total. The molecule has 1 atom stereocenters. The number of imidazole rings is 1. The van der Waals surface area contributed by atoms with Gasteiger partial charge in [-0.05, 0) is 60.5 Å². The summed E-state index contributed by atoms with van der Waals surface area (Å²) in [6.07, 6.45) is 1.23. The SMILES string of the molecule is O=C(O)c1ccc2nc(Cc3ccc(-c4cccc(OCc5ccc(F)cc5F)n4)c(F)c3)n(CC3CCO3)c2c1. The largest absolute Gasteiger partial charge is 0.478 e. The van der Waals surface area contributed by atoms with Crippen LogP contribution in [0.2, 0.25) is 0 Å².